The first-order valence-electron chi connectivity index (χ1n) is 13.0. The predicted molar refractivity (Wildman–Crippen MR) is 152 cm³/mol. The maximum atomic E-state index is 5.88. The Morgan fingerprint density at radius 3 is 1.90 bits per heavy atom. The Bertz CT molecular complexity index is 1470. The van der Waals surface area contributed by atoms with Crippen LogP contribution in [0.3, 0.4) is 0 Å². The van der Waals surface area contributed by atoms with Gasteiger partial charge >= 0.3 is 0 Å². The van der Waals surface area contributed by atoms with Gasteiger partial charge in [0.1, 0.15) is 6.33 Å². The highest BCUT2D eigenvalue weighted by Crippen LogP contribution is 2.40. The quantitative estimate of drug-likeness (QED) is 0.441. The monoisotopic (exact) mass is 590 g/mol. The lowest BCUT2D eigenvalue weighted by atomic mass is 9.82. The molecule has 0 amide bonds. The molecule has 39 heavy (non-hydrogen) atoms. The number of benzene rings is 2. The highest BCUT2D eigenvalue weighted by atomic mass is 79.9. The van der Waals surface area contributed by atoms with Crippen LogP contribution >= 0.6 is 15.9 Å². The molecule has 0 radical (unpaired) electrons. The molecule has 7 rings (SSSR count). The molecule has 2 aliphatic heterocycles. The maximum Gasteiger partial charge on any atom is 0.218 e. The molecule has 2 unspecified atom stereocenters. The fourth-order valence-corrected chi connectivity index (χ4v) is 6.42. The van der Waals surface area contributed by atoms with Gasteiger partial charge in [-0.25, -0.2) is 39.8 Å². The average molecular weight is 592 g/mol. The minimum absolute atomic E-state index is 0.441. The number of hydroxylamine groups is 4. The molecule has 10 nitrogen and oxygen atoms in total. The van der Waals surface area contributed by atoms with Crippen LogP contribution in [0.1, 0.15) is 35.1 Å². The first-order valence-corrected chi connectivity index (χ1v) is 13.7. The van der Waals surface area contributed by atoms with Gasteiger partial charge in [0, 0.05) is 62.2 Å². The Morgan fingerprint density at radius 1 is 0.795 bits per heavy atom. The van der Waals surface area contributed by atoms with E-state index in [0.29, 0.717) is 11.9 Å². The molecule has 2 atom stereocenters. The largest absolute Gasteiger partial charge is 0.368 e. The van der Waals surface area contributed by atoms with Crippen molar-refractivity contribution < 1.29 is 9.68 Å². The first kappa shape index (κ1) is 25.7. The first-order chi connectivity index (χ1) is 18.8. The van der Waals surface area contributed by atoms with Crippen LogP contribution < -0.4 is 11.5 Å². The highest BCUT2D eigenvalue weighted by molar-refractivity contribution is 9.10. The summed E-state index contributed by atoms with van der Waals surface area (Å²) in [6.07, 6.45) is 10.3. The number of nitrogens with two attached hydrogens (primary N) is 2. The zero-order valence-corrected chi connectivity index (χ0v) is 23.6. The number of guanidine groups is 2. The van der Waals surface area contributed by atoms with Crippen molar-refractivity contribution in [2.45, 2.75) is 50.0 Å². The van der Waals surface area contributed by atoms with Gasteiger partial charge in [-0.15, -0.1) is 0 Å². The van der Waals surface area contributed by atoms with Crippen molar-refractivity contribution in [3.05, 3.63) is 81.8 Å². The lowest BCUT2D eigenvalue weighted by Gasteiger charge is -2.32. The Balaban J connectivity index is 0.000000147. The van der Waals surface area contributed by atoms with Gasteiger partial charge in [-0.05, 0) is 46.7 Å². The van der Waals surface area contributed by atoms with Crippen LogP contribution in [-0.2, 0) is 35.4 Å². The van der Waals surface area contributed by atoms with Crippen LogP contribution in [0, 0.1) is 0 Å². The molecular weight excluding hydrogens is 560 g/mol. The number of fused-ring (bicyclic) bond motifs is 2. The van der Waals surface area contributed by atoms with Gasteiger partial charge in [0.15, 0.2) is 11.4 Å². The van der Waals surface area contributed by atoms with Crippen LogP contribution in [0.5, 0.6) is 0 Å². The van der Waals surface area contributed by atoms with E-state index in [1.54, 1.807) is 30.5 Å². The number of rotatable bonds is 1. The van der Waals surface area contributed by atoms with Gasteiger partial charge in [0.25, 0.3) is 0 Å². The third-order valence-corrected chi connectivity index (χ3v) is 8.46. The van der Waals surface area contributed by atoms with Crippen LogP contribution in [-0.4, -0.2) is 57.6 Å². The molecule has 2 aromatic carbocycles. The Morgan fingerprint density at radius 2 is 1.33 bits per heavy atom. The van der Waals surface area contributed by atoms with E-state index in [-0.39, 0.29) is 0 Å². The van der Waals surface area contributed by atoms with Crippen molar-refractivity contribution in [2.24, 2.45) is 21.5 Å². The van der Waals surface area contributed by atoms with E-state index in [1.165, 1.54) is 32.3 Å². The van der Waals surface area contributed by atoms with E-state index < -0.39 is 11.4 Å². The second kappa shape index (κ2) is 9.89. The smallest absolute Gasteiger partial charge is 0.218 e. The minimum Gasteiger partial charge on any atom is -0.368 e. The second-order valence-corrected chi connectivity index (χ2v) is 11.2. The lowest BCUT2D eigenvalue weighted by Crippen LogP contribution is -2.37. The third kappa shape index (κ3) is 4.86. The van der Waals surface area contributed by atoms with E-state index in [0.717, 1.165) is 44.1 Å². The summed E-state index contributed by atoms with van der Waals surface area (Å²) in [6.45, 7) is 0. The molecular formula is C28H31BrN8O2. The molecule has 2 spiro atoms. The van der Waals surface area contributed by atoms with Crippen molar-refractivity contribution in [1.82, 2.24) is 20.1 Å². The summed E-state index contributed by atoms with van der Waals surface area (Å²) >= 11 is 3.59. The second-order valence-electron chi connectivity index (χ2n) is 10.3. The summed E-state index contributed by atoms with van der Waals surface area (Å²) in [7, 11) is 3.59. The van der Waals surface area contributed by atoms with Gasteiger partial charge < -0.3 is 11.5 Å². The maximum absolute atomic E-state index is 5.88. The number of hydrogen-bond donors (Lipinski definition) is 2. The molecule has 0 bridgehead atoms. The lowest BCUT2D eigenvalue weighted by molar-refractivity contribution is -0.171. The van der Waals surface area contributed by atoms with Gasteiger partial charge in [0.2, 0.25) is 11.9 Å². The Hall–Kier alpha value is -3.54. The summed E-state index contributed by atoms with van der Waals surface area (Å²) in [4.78, 5) is 28.9. The summed E-state index contributed by atoms with van der Waals surface area (Å²) in [5.41, 5.74) is 18.1. The molecule has 0 fully saturated rings. The molecule has 3 aromatic rings. The van der Waals surface area contributed by atoms with Gasteiger partial charge in [-0.2, -0.15) is 0 Å². The number of aliphatic imine (C=N–C) groups is 2. The molecule has 202 valence electrons. The van der Waals surface area contributed by atoms with Crippen LogP contribution in [0.25, 0.3) is 11.1 Å². The summed E-state index contributed by atoms with van der Waals surface area (Å²) in [6, 6.07) is 12.6. The Labute approximate surface area is 235 Å². The van der Waals surface area contributed by atoms with Crippen molar-refractivity contribution >= 4 is 27.8 Å². The zero-order valence-electron chi connectivity index (χ0n) is 22.0. The fourth-order valence-electron chi connectivity index (χ4n) is 5.81. The number of nitrogens with zero attached hydrogens (tertiary/aromatic N) is 6. The SMILES string of the molecule is CN1OC2(CCc3c(Br)cccc3C2)N=C1N.CN1OC2(CCc3c(cccc3-c3cncnc3)C2)N=C1N. The Kier molecular flexibility index (Phi) is 6.52. The van der Waals surface area contributed by atoms with Gasteiger partial charge in [-0.3, -0.25) is 0 Å². The number of aromatic nitrogens is 2. The van der Waals surface area contributed by atoms with E-state index in [4.69, 9.17) is 21.1 Å². The van der Waals surface area contributed by atoms with E-state index in [9.17, 15) is 0 Å². The molecule has 3 heterocycles. The van der Waals surface area contributed by atoms with Crippen LogP contribution in [0.15, 0.2) is 69.6 Å². The van der Waals surface area contributed by atoms with Crippen LogP contribution in [0.2, 0.25) is 0 Å². The topological polar surface area (TPSA) is 127 Å². The molecule has 2 aliphatic carbocycles. The molecule has 0 saturated heterocycles. The number of halogens is 1. The molecule has 1 aromatic heterocycles. The molecule has 11 heteroatoms. The number of hydrogen-bond acceptors (Lipinski definition) is 10. The van der Waals surface area contributed by atoms with Crippen molar-refractivity contribution in [3.63, 3.8) is 0 Å². The van der Waals surface area contributed by atoms with Crippen molar-refractivity contribution in [2.75, 3.05) is 14.1 Å². The summed E-state index contributed by atoms with van der Waals surface area (Å²) in [5, 5.41) is 3.11. The summed E-state index contributed by atoms with van der Waals surface area (Å²) in [5.74, 6) is 0.902. The highest BCUT2D eigenvalue weighted by Gasteiger charge is 2.43. The van der Waals surface area contributed by atoms with E-state index in [2.05, 4.69) is 66.2 Å². The van der Waals surface area contributed by atoms with Crippen molar-refractivity contribution in [3.8, 4) is 11.1 Å². The normalized spacial score (nSPS) is 25.1. The fraction of sp³-hybridized carbons (Fsp3) is 0.357. The van der Waals surface area contributed by atoms with Gasteiger partial charge in [-0.1, -0.05) is 46.3 Å². The van der Waals surface area contributed by atoms with Gasteiger partial charge in [0.05, 0.1) is 0 Å². The standard InChI is InChI=1S/C16H17N5O.C12H14BrN3O/c1-21-15(17)20-16(22-21)6-5-14-11(7-16)3-2-4-13(14)12-8-18-10-19-9-12;1-16-11(14)15-12(17-16)6-5-9-8(7-12)3-2-4-10(9)13/h2-4,8-10H,5-7H2,1H3,(H2,17,20);2-4H,5-7H2,1H3,(H2,14,15). The van der Waals surface area contributed by atoms with Crippen LogP contribution in [0.4, 0.5) is 0 Å². The zero-order chi connectivity index (χ0) is 27.2. The third-order valence-electron chi connectivity index (χ3n) is 7.72. The predicted octanol–water partition coefficient (Wildman–Crippen LogP) is 3.35. The van der Waals surface area contributed by atoms with Crippen molar-refractivity contribution in [1.29, 1.82) is 0 Å². The average Bonchev–Trinajstić information content (AvgIpc) is 3.36. The minimum atomic E-state index is -0.544. The molecule has 4 aliphatic rings. The molecule has 0 saturated carbocycles. The van der Waals surface area contributed by atoms with E-state index in [1.807, 2.05) is 18.5 Å². The molecule has 4 N–H and O–H groups in total. The van der Waals surface area contributed by atoms with E-state index >= 15 is 0 Å². The summed E-state index contributed by atoms with van der Waals surface area (Å²) < 4.78 is 1.17.